The monoisotopic (exact) mass is 416 g/mol. The van der Waals surface area contributed by atoms with Crippen LogP contribution in [0, 0.1) is 25.5 Å². The van der Waals surface area contributed by atoms with Gasteiger partial charge in [-0.05, 0) is 51.5 Å². The summed E-state index contributed by atoms with van der Waals surface area (Å²) >= 11 is 0. The Kier molecular flexibility index (Phi) is 5.98. The van der Waals surface area contributed by atoms with Gasteiger partial charge < -0.3 is 14.4 Å². The molecular weight excluding hydrogens is 394 g/mol. The Bertz CT molecular complexity index is 1180. The van der Waals surface area contributed by atoms with Gasteiger partial charge in [0, 0.05) is 17.6 Å². The van der Waals surface area contributed by atoms with Crippen molar-refractivity contribution in [3.8, 4) is 11.1 Å². The van der Waals surface area contributed by atoms with Crippen molar-refractivity contribution in [1.29, 1.82) is 0 Å². The quantitative estimate of drug-likeness (QED) is 0.642. The molecule has 1 unspecified atom stereocenters. The fraction of sp³-hybridized carbons (Fsp3) is 0.318. The predicted octanol–water partition coefficient (Wildman–Crippen LogP) is 3.69. The number of esters is 1. The number of hydrogen-bond acceptors (Lipinski definition) is 5. The Balaban J connectivity index is 2.44. The lowest BCUT2D eigenvalue weighted by atomic mass is 9.99. The third kappa shape index (κ3) is 3.70. The maximum Gasteiger partial charge on any atom is 0.343 e. The van der Waals surface area contributed by atoms with Crippen molar-refractivity contribution in [2.45, 2.75) is 33.7 Å². The average Bonchev–Trinajstić information content (AvgIpc) is 2.67. The fourth-order valence-electron chi connectivity index (χ4n) is 3.47. The van der Waals surface area contributed by atoms with Gasteiger partial charge >= 0.3 is 5.97 Å². The molecule has 0 spiro atoms. The number of hydrogen-bond donors (Lipinski definition) is 1. The van der Waals surface area contributed by atoms with E-state index in [1.807, 2.05) is 0 Å². The highest BCUT2D eigenvalue weighted by Gasteiger charge is 2.25. The van der Waals surface area contributed by atoms with Gasteiger partial charge in [0.2, 0.25) is 5.43 Å². The summed E-state index contributed by atoms with van der Waals surface area (Å²) < 4.78 is 36.9. The van der Waals surface area contributed by atoms with Crippen molar-refractivity contribution in [2.75, 3.05) is 13.2 Å². The molecule has 0 fully saturated rings. The molecule has 0 radical (unpaired) electrons. The highest BCUT2D eigenvalue weighted by molar-refractivity contribution is 5.95. The molecule has 3 rings (SSSR count). The lowest BCUT2D eigenvalue weighted by Crippen LogP contribution is -2.24. The molecule has 0 aliphatic carbocycles. The number of aryl methyl sites for hydroxylation is 2. The first-order chi connectivity index (χ1) is 14.2. The van der Waals surface area contributed by atoms with Crippen LogP contribution in [0.4, 0.5) is 8.78 Å². The second kappa shape index (κ2) is 8.31. The van der Waals surface area contributed by atoms with Crippen molar-refractivity contribution in [2.24, 2.45) is 0 Å². The zero-order valence-electron chi connectivity index (χ0n) is 17.1. The van der Waals surface area contributed by atoms with Gasteiger partial charge in [0.25, 0.3) is 0 Å². The minimum Gasteiger partial charge on any atom is -0.462 e. The van der Waals surface area contributed by atoms with Gasteiger partial charge in [0.15, 0.2) is 5.82 Å². The molecule has 30 heavy (non-hydrogen) atoms. The first-order valence-electron chi connectivity index (χ1n) is 9.50. The molecule has 0 amide bonds. The first-order valence-corrected chi connectivity index (χ1v) is 9.50. The Morgan fingerprint density at radius 3 is 2.43 bits per heavy atom. The molecule has 2 heterocycles. The van der Waals surface area contributed by atoms with E-state index in [-0.39, 0.29) is 40.8 Å². The van der Waals surface area contributed by atoms with Crippen LogP contribution in [0.1, 0.15) is 41.6 Å². The first kappa shape index (κ1) is 21.6. The van der Waals surface area contributed by atoms with Crippen molar-refractivity contribution < 1.29 is 23.4 Å². The van der Waals surface area contributed by atoms with Gasteiger partial charge in [-0.25, -0.2) is 13.6 Å². The number of halogens is 2. The number of pyridine rings is 2. The highest BCUT2D eigenvalue weighted by Crippen LogP contribution is 2.33. The van der Waals surface area contributed by atoms with Gasteiger partial charge in [0.1, 0.15) is 11.4 Å². The Morgan fingerprint density at radius 2 is 1.87 bits per heavy atom. The molecule has 1 N–H and O–H groups in total. The van der Waals surface area contributed by atoms with Crippen LogP contribution >= 0.6 is 0 Å². The van der Waals surface area contributed by atoms with Crippen LogP contribution in [0.5, 0.6) is 0 Å². The molecule has 8 heteroatoms. The molecular formula is C22H22F2N2O4. The summed E-state index contributed by atoms with van der Waals surface area (Å²) in [7, 11) is 0. The van der Waals surface area contributed by atoms with Gasteiger partial charge in [0.05, 0.1) is 35.7 Å². The average molecular weight is 416 g/mol. The number of carbonyl (C=O) groups is 1. The number of aliphatic hydroxyl groups excluding tert-OH is 1. The minimum absolute atomic E-state index is 0.0360. The van der Waals surface area contributed by atoms with Crippen molar-refractivity contribution in [3.05, 3.63) is 63.2 Å². The second-order valence-corrected chi connectivity index (χ2v) is 7.11. The number of ether oxygens (including phenoxy) is 1. The molecule has 0 bridgehead atoms. The van der Waals surface area contributed by atoms with Gasteiger partial charge in [-0.1, -0.05) is 0 Å². The molecule has 0 saturated carbocycles. The molecule has 0 aliphatic heterocycles. The number of fused-ring (bicyclic) bond motifs is 1. The predicted molar refractivity (Wildman–Crippen MR) is 109 cm³/mol. The second-order valence-electron chi connectivity index (χ2n) is 7.11. The summed E-state index contributed by atoms with van der Waals surface area (Å²) in [4.78, 5) is 29.3. The van der Waals surface area contributed by atoms with Crippen molar-refractivity contribution in [3.63, 3.8) is 0 Å². The number of nitrogens with zero attached hydrogens (tertiary/aromatic N) is 2. The summed E-state index contributed by atoms with van der Waals surface area (Å²) in [5, 5.41) is 9.33. The standard InChI is InChI=1S/C22H22F2N2O4/c1-5-30-22(29)16-9-26(13(4)10-27)20-15(21(16)28)8-17(23)18(19(20)24)14-6-11(2)25-12(3)7-14/h6-9,13,27H,5,10H2,1-4H3. The van der Waals surface area contributed by atoms with Crippen LogP contribution in [0.2, 0.25) is 0 Å². The normalized spacial score (nSPS) is 12.2. The number of benzene rings is 1. The molecule has 3 aromatic rings. The zero-order chi connectivity index (χ0) is 22.2. The van der Waals surface area contributed by atoms with E-state index in [4.69, 9.17) is 4.74 Å². The third-order valence-electron chi connectivity index (χ3n) is 4.81. The lowest BCUT2D eigenvalue weighted by Gasteiger charge is -2.20. The Hall–Kier alpha value is -3.13. The van der Waals surface area contributed by atoms with Crippen LogP contribution in [0.25, 0.3) is 22.0 Å². The SMILES string of the molecule is CCOC(=O)c1cn(C(C)CO)c2c(F)c(-c3cc(C)nc(C)c3)c(F)cc2c1=O. The number of aromatic nitrogens is 2. The van der Waals surface area contributed by atoms with E-state index < -0.39 is 29.1 Å². The topological polar surface area (TPSA) is 81.4 Å². The molecule has 1 aromatic carbocycles. The molecule has 158 valence electrons. The molecule has 0 saturated heterocycles. The van der Waals surface area contributed by atoms with Crippen LogP contribution in [-0.2, 0) is 4.74 Å². The smallest absolute Gasteiger partial charge is 0.343 e. The number of rotatable bonds is 5. The van der Waals surface area contributed by atoms with Crippen LogP contribution < -0.4 is 5.43 Å². The van der Waals surface area contributed by atoms with E-state index in [1.165, 1.54) is 4.57 Å². The highest BCUT2D eigenvalue weighted by atomic mass is 19.1. The minimum atomic E-state index is -0.956. The molecule has 1 atom stereocenters. The number of aliphatic hydroxyl groups is 1. The van der Waals surface area contributed by atoms with Gasteiger partial charge in [-0.15, -0.1) is 0 Å². The van der Waals surface area contributed by atoms with E-state index >= 15 is 8.78 Å². The summed E-state index contributed by atoms with van der Waals surface area (Å²) in [6.45, 7) is 6.24. The fourth-order valence-corrected chi connectivity index (χ4v) is 3.47. The van der Waals surface area contributed by atoms with E-state index in [9.17, 15) is 14.7 Å². The summed E-state index contributed by atoms with van der Waals surface area (Å²) in [6, 6.07) is 3.33. The molecule has 2 aromatic heterocycles. The van der Waals surface area contributed by atoms with Crippen LogP contribution in [-0.4, -0.2) is 33.8 Å². The van der Waals surface area contributed by atoms with Crippen LogP contribution in [0.3, 0.4) is 0 Å². The van der Waals surface area contributed by atoms with Crippen LogP contribution in [0.15, 0.2) is 29.2 Å². The van der Waals surface area contributed by atoms with E-state index in [0.717, 1.165) is 12.3 Å². The molecule has 6 nitrogen and oxygen atoms in total. The van der Waals surface area contributed by atoms with E-state index in [1.54, 1.807) is 39.8 Å². The molecule has 0 aliphatic rings. The summed E-state index contributed by atoms with van der Waals surface area (Å²) in [6.07, 6.45) is 1.15. The Labute approximate surface area is 171 Å². The largest absolute Gasteiger partial charge is 0.462 e. The van der Waals surface area contributed by atoms with E-state index in [0.29, 0.717) is 11.4 Å². The third-order valence-corrected chi connectivity index (χ3v) is 4.81. The lowest BCUT2D eigenvalue weighted by molar-refractivity contribution is 0.0523. The maximum atomic E-state index is 15.7. The van der Waals surface area contributed by atoms with E-state index in [2.05, 4.69) is 4.98 Å². The Morgan fingerprint density at radius 1 is 1.23 bits per heavy atom. The van der Waals surface area contributed by atoms with Gasteiger partial charge in [-0.3, -0.25) is 9.78 Å². The summed E-state index contributed by atoms with van der Waals surface area (Å²) in [5.41, 5.74) is -0.244. The summed E-state index contributed by atoms with van der Waals surface area (Å²) in [5.74, 6) is -2.79. The zero-order valence-corrected chi connectivity index (χ0v) is 17.1. The van der Waals surface area contributed by atoms with Crippen molar-refractivity contribution in [1.82, 2.24) is 9.55 Å². The van der Waals surface area contributed by atoms with Crippen molar-refractivity contribution >= 4 is 16.9 Å². The maximum absolute atomic E-state index is 15.7. The van der Waals surface area contributed by atoms with Gasteiger partial charge in [-0.2, -0.15) is 0 Å². The number of carbonyl (C=O) groups excluding carboxylic acids is 1.